The molecule has 5 heteroatoms. The number of hydrogen-bond acceptors (Lipinski definition) is 3. The van der Waals surface area contributed by atoms with Crippen molar-refractivity contribution < 1.29 is 9.90 Å². The number of nitrogens with zero attached hydrogens (tertiary/aromatic N) is 3. The van der Waals surface area contributed by atoms with Gasteiger partial charge in [-0.1, -0.05) is 18.2 Å². The van der Waals surface area contributed by atoms with E-state index < -0.39 is 0 Å². The molecule has 1 N–H and O–H groups in total. The molecule has 1 aliphatic rings. The number of carbonyl (C=O) groups excluding carboxylic acids is 1. The van der Waals surface area contributed by atoms with Gasteiger partial charge in [-0.05, 0) is 44.7 Å². The normalized spacial score (nSPS) is 21.4. The molecule has 23 heavy (non-hydrogen) atoms. The highest BCUT2D eigenvalue weighted by Gasteiger charge is 2.30. The zero-order valence-corrected chi connectivity index (χ0v) is 13.6. The highest BCUT2D eigenvalue weighted by Crippen LogP contribution is 2.25. The minimum atomic E-state index is 0.00957. The minimum absolute atomic E-state index is 0.00957. The average molecular weight is 313 g/mol. The van der Waals surface area contributed by atoms with E-state index in [9.17, 15) is 9.90 Å². The van der Waals surface area contributed by atoms with E-state index in [1.807, 2.05) is 42.2 Å². The summed E-state index contributed by atoms with van der Waals surface area (Å²) in [7, 11) is 0. The Labute approximate surface area is 136 Å². The van der Waals surface area contributed by atoms with Gasteiger partial charge in [0, 0.05) is 19.2 Å². The van der Waals surface area contributed by atoms with Crippen molar-refractivity contribution in [1.29, 1.82) is 0 Å². The van der Waals surface area contributed by atoms with E-state index in [2.05, 4.69) is 12.0 Å². The third kappa shape index (κ3) is 3.01. The first kappa shape index (κ1) is 15.7. The van der Waals surface area contributed by atoms with Crippen molar-refractivity contribution in [3.05, 3.63) is 47.8 Å². The van der Waals surface area contributed by atoms with Crippen LogP contribution in [0.25, 0.3) is 5.69 Å². The monoisotopic (exact) mass is 313 g/mol. The molecule has 2 aromatic rings. The summed E-state index contributed by atoms with van der Waals surface area (Å²) in [6, 6.07) is 10.0. The summed E-state index contributed by atoms with van der Waals surface area (Å²) in [6.45, 7) is 4.75. The van der Waals surface area contributed by atoms with E-state index in [0.29, 0.717) is 12.1 Å². The first-order valence-electron chi connectivity index (χ1n) is 8.13. The summed E-state index contributed by atoms with van der Waals surface area (Å²) in [6.07, 6.45) is 3.56. The highest BCUT2D eigenvalue weighted by molar-refractivity contribution is 5.95. The van der Waals surface area contributed by atoms with Crippen LogP contribution in [0.3, 0.4) is 0 Å². The Morgan fingerprint density at radius 3 is 2.74 bits per heavy atom. The number of hydrogen-bond donors (Lipinski definition) is 1. The molecular weight excluding hydrogens is 290 g/mol. The molecule has 2 heterocycles. The summed E-state index contributed by atoms with van der Waals surface area (Å²) in [5, 5.41) is 13.8. The van der Waals surface area contributed by atoms with Gasteiger partial charge in [-0.15, -0.1) is 0 Å². The van der Waals surface area contributed by atoms with Gasteiger partial charge in [-0.25, -0.2) is 4.68 Å². The number of likely N-dealkylation sites (tertiary alicyclic amines) is 1. The number of aromatic nitrogens is 2. The Morgan fingerprint density at radius 1 is 1.30 bits per heavy atom. The predicted molar refractivity (Wildman–Crippen MR) is 88.6 cm³/mol. The fraction of sp³-hybridized carbons (Fsp3) is 0.444. The number of carbonyl (C=O) groups is 1. The molecule has 1 aromatic heterocycles. The molecule has 3 rings (SSSR count). The lowest BCUT2D eigenvalue weighted by atomic mass is 9.93. The van der Waals surface area contributed by atoms with E-state index in [1.54, 1.807) is 10.9 Å². The smallest absolute Gasteiger partial charge is 0.257 e. The van der Waals surface area contributed by atoms with Gasteiger partial charge in [0.2, 0.25) is 0 Å². The van der Waals surface area contributed by atoms with Gasteiger partial charge in [-0.3, -0.25) is 4.79 Å². The quantitative estimate of drug-likeness (QED) is 0.946. The fourth-order valence-electron chi connectivity index (χ4n) is 3.22. The molecule has 0 aliphatic carbocycles. The average Bonchev–Trinajstić information content (AvgIpc) is 2.97. The molecule has 1 fully saturated rings. The molecule has 5 nitrogen and oxygen atoms in total. The molecule has 1 saturated heterocycles. The van der Waals surface area contributed by atoms with Crippen LogP contribution in [-0.2, 0) is 0 Å². The molecule has 1 aromatic carbocycles. The Bertz CT molecular complexity index is 681. The molecule has 2 atom stereocenters. The first-order chi connectivity index (χ1) is 11.1. The molecular formula is C18H23N3O2. The maximum absolute atomic E-state index is 12.9. The Kier molecular flexibility index (Phi) is 4.48. The molecule has 2 unspecified atom stereocenters. The van der Waals surface area contributed by atoms with Crippen LogP contribution in [0.4, 0.5) is 0 Å². The van der Waals surface area contributed by atoms with E-state index in [0.717, 1.165) is 24.2 Å². The van der Waals surface area contributed by atoms with Crippen molar-refractivity contribution in [2.45, 2.75) is 32.7 Å². The lowest BCUT2D eigenvalue weighted by molar-refractivity contribution is 0.0488. The van der Waals surface area contributed by atoms with Crippen LogP contribution >= 0.6 is 0 Å². The number of rotatable bonds is 3. The van der Waals surface area contributed by atoms with Crippen LogP contribution in [0.1, 0.15) is 35.8 Å². The van der Waals surface area contributed by atoms with Gasteiger partial charge in [0.1, 0.15) is 0 Å². The van der Waals surface area contributed by atoms with Crippen molar-refractivity contribution >= 4 is 5.91 Å². The van der Waals surface area contributed by atoms with Crippen molar-refractivity contribution in [2.75, 3.05) is 13.2 Å². The van der Waals surface area contributed by atoms with E-state index in [-0.39, 0.29) is 24.5 Å². The lowest BCUT2D eigenvalue weighted by Crippen LogP contribution is -2.46. The zero-order valence-electron chi connectivity index (χ0n) is 13.6. The number of benzene rings is 1. The van der Waals surface area contributed by atoms with Crippen LogP contribution in [0.2, 0.25) is 0 Å². The molecule has 0 saturated carbocycles. The summed E-state index contributed by atoms with van der Waals surface area (Å²) in [5.41, 5.74) is 2.43. The third-order valence-corrected chi connectivity index (χ3v) is 4.74. The minimum Gasteiger partial charge on any atom is -0.396 e. The number of aliphatic hydroxyl groups excluding tert-OH is 1. The van der Waals surface area contributed by atoms with E-state index in [1.165, 1.54) is 0 Å². The molecule has 0 bridgehead atoms. The van der Waals surface area contributed by atoms with Crippen molar-refractivity contribution in [1.82, 2.24) is 14.7 Å². The van der Waals surface area contributed by atoms with Gasteiger partial charge in [0.25, 0.3) is 5.91 Å². The van der Waals surface area contributed by atoms with Gasteiger partial charge in [-0.2, -0.15) is 5.10 Å². The van der Waals surface area contributed by atoms with Crippen LogP contribution in [0.5, 0.6) is 0 Å². The van der Waals surface area contributed by atoms with E-state index >= 15 is 0 Å². The highest BCUT2D eigenvalue weighted by atomic mass is 16.3. The molecule has 1 aliphatic heterocycles. The molecule has 0 radical (unpaired) electrons. The zero-order chi connectivity index (χ0) is 16.4. The SMILES string of the molecule is Cc1c(C(=O)N2CC(CO)CCC2C)cnn1-c1ccccc1. The van der Waals surface area contributed by atoms with Crippen LogP contribution in [0, 0.1) is 12.8 Å². The molecule has 0 spiro atoms. The number of piperidine rings is 1. The molecule has 1 amide bonds. The van der Waals surface area contributed by atoms with Crippen LogP contribution in [-0.4, -0.2) is 44.9 Å². The maximum atomic E-state index is 12.9. The Hall–Kier alpha value is -2.14. The fourth-order valence-corrected chi connectivity index (χ4v) is 3.22. The number of amides is 1. The third-order valence-electron chi connectivity index (χ3n) is 4.74. The Morgan fingerprint density at radius 2 is 2.04 bits per heavy atom. The number of aliphatic hydroxyl groups is 1. The maximum Gasteiger partial charge on any atom is 0.257 e. The van der Waals surface area contributed by atoms with Gasteiger partial charge in [0.05, 0.1) is 23.1 Å². The van der Waals surface area contributed by atoms with Crippen LogP contribution in [0.15, 0.2) is 36.5 Å². The lowest BCUT2D eigenvalue weighted by Gasteiger charge is -2.37. The summed E-state index contributed by atoms with van der Waals surface area (Å²) < 4.78 is 1.80. The van der Waals surface area contributed by atoms with Gasteiger partial charge >= 0.3 is 0 Å². The number of para-hydroxylation sites is 1. The first-order valence-corrected chi connectivity index (χ1v) is 8.13. The van der Waals surface area contributed by atoms with Gasteiger partial charge < -0.3 is 10.0 Å². The second-order valence-corrected chi connectivity index (χ2v) is 6.32. The van der Waals surface area contributed by atoms with Crippen molar-refractivity contribution in [2.24, 2.45) is 5.92 Å². The second kappa shape index (κ2) is 6.54. The van der Waals surface area contributed by atoms with Crippen molar-refractivity contribution in [3.8, 4) is 5.69 Å². The van der Waals surface area contributed by atoms with E-state index in [4.69, 9.17) is 0 Å². The second-order valence-electron chi connectivity index (χ2n) is 6.32. The van der Waals surface area contributed by atoms with Crippen LogP contribution < -0.4 is 0 Å². The predicted octanol–water partition coefficient (Wildman–Crippen LogP) is 2.41. The largest absolute Gasteiger partial charge is 0.396 e. The van der Waals surface area contributed by atoms with Crippen molar-refractivity contribution in [3.63, 3.8) is 0 Å². The summed E-state index contributed by atoms with van der Waals surface area (Å²) in [5.74, 6) is 0.190. The van der Waals surface area contributed by atoms with Gasteiger partial charge in [0.15, 0.2) is 0 Å². The summed E-state index contributed by atoms with van der Waals surface area (Å²) in [4.78, 5) is 14.8. The standard InChI is InChI=1S/C18H23N3O2/c1-13-8-9-15(12-22)11-20(13)18(23)17-10-19-21(14(17)2)16-6-4-3-5-7-16/h3-7,10,13,15,22H,8-9,11-12H2,1-2H3. The Balaban J connectivity index is 1.87. The topological polar surface area (TPSA) is 58.4 Å². The summed E-state index contributed by atoms with van der Waals surface area (Å²) >= 11 is 0. The molecule has 122 valence electrons.